The molecule has 0 spiro atoms. The van der Waals surface area contributed by atoms with Crippen molar-refractivity contribution in [2.24, 2.45) is 0 Å². The second-order valence-corrected chi connectivity index (χ2v) is 7.66. The molecule has 2 unspecified atom stereocenters. The molecule has 2 amide bonds. The Kier molecular flexibility index (Phi) is 7.03. The van der Waals surface area contributed by atoms with Gasteiger partial charge in [-0.15, -0.1) is 0 Å². The Labute approximate surface area is 175 Å². The van der Waals surface area contributed by atoms with Crippen molar-refractivity contribution in [2.45, 2.75) is 51.7 Å². The molecule has 2 aromatic rings. The normalized spacial score (nSPS) is 18.7. The minimum absolute atomic E-state index is 0.0476. The Morgan fingerprint density at radius 2 is 1.73 bits per heavy atom. The number of hydrogen-bond acceptors (Lipinski definition) is 3. The third kappa shape index (κ3) is 5.34. The van der Waals surface area contributed by atoms with E-state index in [4.69, 9.17) is 4.74 Å². The predicted molar refractivity (Wildman–Crippen MR) is 109 cm³/mol. The Hall–Kier alpha value is -2.96. The average Bonchev–Trinajstić information content (AvgIpc) is 2.73. The van der Waals surface area contributed by atoms with Crippen LogP contribution in [0.2, 0.25) is 0 Å². The van der Waals surface area contributed by atoms with Crippen molar-refractivity contribution >= 4 is 11.8 Å². The molecular formula is C23H26F2N2O3. The molecule has 1 fully saturated rings. The monoisotopic (exact) mass is 416 g/mol. The molecule has 1 N–H and O–H groups in total. The Morgan fingerprint density at radius 1 is 1.07 bits per heavy atom. The molecule has 30 heavy (non-hydrogen) atoms. The number of hydrogen-bond donors (Lipinski definition) is 1. The summed E-state index contributed by atoms with van der Waals surface area (Å²) in [5, 5.41) is 2.56. The summed E-state index contributed by atoms with van der Waals surface area (Å²) in [7, 11) is 0. The maximum atomic E-state index is 13.6. The van der Waals surface area contributed by atoms with Gasteiger partial charge in [0.15, 0.2) is 6.61 Å². The lowest BCUT2D eigenvalue weighted by molar-refractivity contribution is -0.139. The van der Waals surface area contributed by atoms with Crippen LogP contribution in [0, 0.1) is 11.6 Å². The van der Waals surface area contributed by atoms with E-state index in [-0.39, 0.29) is 36.7 Å². The zero-order valence-corrected chi connectivity index (χ0v) is 17.2. The Balaban J connectivity index is 1.52. The summed E-state index contributed by atoms with van der Waals surface area (Å²) < 4.78 is 32.4. The average molecular weight is 416 g/mol. The molecule has 0 aromatic heterocycles. The molecule has 7 heteroatoms. The molecule has 0 bridgehead atoms. The van der Waals surface area contributed by atoms with Crippen molar-refractivity contribution in [3.8, 4) is 5.75 Å². The highest BCUT2D eigenvalue weighted by atomic mass is 19.1. The standard InChI is InChI=1S/C23H26F2N2O3/c1-15-4-3-5-16(2)27(15)22(28)14-30-20-9-6-17(7-10-20)23(29)26-13-18-12-19(24)8-11-21(18)25/h6-12,15-16H,3-5,13-14H2,1-2H3,(H,26,29). The first-order chi connectivity index (χ1) is 14.3. The Morgan fingerprint density at radius 3 is 2.40 bits per heavy atom. The lowest BCUT2D eigenvalue weighted by atomic mass is 9.97. The van der Waals surface area contributed by atoms with Crippen LogP contribution in [0.1, 0.15) is 49.0 Å². The second kappa shape index (κ2) is 9.69. The Bertz CT molecular complexity index is 892. The number of amides is 2. The van der Waals surface area contributed by atoms with E-state index in [1.54, 1.807) is 24.3 Å². The highest BCUT2D eigenvalue weighted by Gasteiger charge is 2.28. The quantitative estimate of drug-likeness (QED) is 0.773. The largest absolute Gasteiger partial charge is 0.484 e. The van der Waals surface area contributed by atoms with Crippen LogP contribution in [0.3, 0.4) is 0 Å². The number of halogens is 2. The van der Waals surface area contributed by atoms with E-state index < -0.39 is 17.5 Å². The number of rotatable bonds is 6. The maximum Gasteiger partial charge on any atom is 0.260 e. The maximum absolute atomic E-state index is 13.6. The molecule has 0 radical (unpaired) electrons. The molecule has 1 aliphatic heterocycles. The minimum Gasteiger partial charge on any atom is -0.484 e. The third-order valence-electron chi connectivity index (χ3n) is 5.41. The van der Waals surface area contributed by atoms with E-state index >= 15 is 0 Å². The van der Waals surface area contributed by atoms with E-state index in [0.717, 1.165) is 37.5 Å². The van der Waals surface area contributed by atoms with Crippen molar-refractivity contribution in [2.75, 3.05) is 6.61 Å². The molecule has 1 aliphatic rings. The minimum atomic E-state index is -0.581. The molecule has 0 aliphatic carbocycles. The van der Waals surface area contributed by atoms with Gasteiger partial charge < -0.3 is 15.0 Å². The van der Waals surface area contributed by atoms with Gasteiger partial charge in [-0.2, -0.15) is 0 Å². The molecule has 3 rings (SSSR count). The molecule has 2 atom stereocenters. The number of benzene rings is 2. The summed E-state index contributed by atoms with van der Waals surface area (Å²) in [5.41, 5.74) is 0.423. The molecule has 1 saturated heterocycles. The van der Waals surface area contributed by atoms with Crippen LogP contribution in [0.5, 0.6) is 5.75 Å². The summed E-state index contributed by atoms with van der Waals surface area (Å²) in [4.78, 5) is 26.6. The smallest absolute Gasteiger partial charge is 0.260 e. The van der Waals surface area contributed by atoms with Crippen molar-refractivity contribution in [3.63, 3.8) is 0 Å². The van der Waals surface area contributed by atoms with Crippen LogP contribution >= 0.6 is 0 Å². The van der Waals surface area contributed by atoms with Gasteiger partial charge >= 0.3 is 0 Å². The van der Waals surface area contributed by atoms with Crippen molar-refractivity contribution in [3.05, 3.63) is 65.2 Å². The van der Waals surface area contributed by atoms with Crippen LogP contribution in [-0.2, 0) is 11.3 Å². The number of piperidine rings is 1. The lowest BCUT2D eigenvalue weighted by Crippen LogP contribution is -2.49. The summed E-state index contributed by atoms with van der Waals surface area (Å²) >= 11 is 0. The summed E-state index contributed by atoms with van der Waals surface area (Å²) in [6.45, 7) is 3.92. The van der Waals surface area contributed by atoms with E-state index in [9.17, 15) is 18.4 Å². The fraction of sp³-hybridized carbons (Fsp3) is 0.391. The molecule has 0 saturated carbocycles. The zero-order chi connectivity index (χ0) is 21.7. The number of nitrogens with zero attached hydrogens (tertiary/aromatic N) is 1. The molecule has 2 aromatic carbocycles. The van der Waals surface area contributed by atoms with E-state index in [2.05, 4.69) is 19.2 Å². The van der Waals surface area contributed by atoms with E-state index in [0.29, 0.717) is 11.3 Å². The summed E-state index contributed by atoms with van der Waals surface area (Å²) in [5.74, 6) is -1.13. The van der Waals surface area contributed by atoms with Crippen molar-refractivity contribution in [1.82, 2.24) is 10.2 Å². The van der Waals surface area contributed by atoms with Gasteiger partial charge in [0.25, 0.3) is 11.8 Å². The van der Waals surface area contributed by atoms with E-state index in [1.165, 1.54) is 0 Å². The molecule has 5 nitrogen and oxygen atoms in total. The highest BCUT2D eigenvalue weighted by molar-refractivity contribution is 5.94. The van der Waals surface area contributed by atoms with Gasteiger partial charge in [0.2, 0.25) is 0 Å². The topological polar surface area (TPSA) is 58.6 Å². The van der Waals surface area contributed by atoms with Crippen LogP contribution in [-0.4, -0.2) is 35.4 Å². The van der Waals surface area contributed by atoms with E-state index in [1.807, 2.05) is 4.90 Å². The van der Waals surface area contributed by atoms with Crippen LogP contribution in [0.25, 0.3) is 0 Å². The van der Waals surface area contributed by atoms with Gasteiger partial charge in [0.05, 0.1) is 0 Å². The van der Waals surface area contributed by atoms with Crippen molar-refractivity contribution in [1.29, 1.82) is 0 Å². The lowest BCUT2D eigenvalue weighted by Gasteiger charge is -2.38. The van der Waals surface area contributed by atoms with Gasteiger partial charge in [-0.05, 0) is 75.6 Å². The van der Waals surface area contributed by atoms with Crippen LogP contribution in [0.15, 0.2) is 42.5 Å². The number of nitrogens with one attached hydrogen (secondary N) is 1. The molecule has 1 heterocycles. The zero-order valence-electron chi connectivity index (χ0n) is 17.2. The third-order valence-corrected chi connectivity index (χ3v) is 5.41. The van der Waals surface area contributed by atoms with Crippen molar-refractivity contribution < 1.29 is 23.1 Å². The van der Waals surface area contributed by atoms with Gasteiger partial charge in [-0.1, -0.05) is 0 Å². The number of carbonyl (C=O) groups excluding carboxylic acids is 2. The molecule has 160 valence electrons. The fourth-order valence-corrected chi connectivity index (χ4v) is 3.79. The summed E-state index contributed by atoms with van der Waals surface area (Å²) in [6, 6.07) is 9.84. The first-order valence-electron chi connectivity index (χ1n) is 10.1. The number of ether oxygens (including phenoxy) is 1. The van der Waals surface area contributed by atoms with Crippen LogP contribution in [0.4, 0.5) is 8.78 Å². The first kappa shape index (κ1) is 21.7. The predicted octanol–water partition coefficient (Wildman–Crippen LogP) is 4.06. The SMILES string of the molecule is CC1CCCC(C)N1C(=O)COc1ccc(C(=O)NCc2cc(F)ccc2F)cc1. The first-order valence-corrected chi connectivity index (χ1v) is 10.1. The molecular weight excluding hydrogens is 390 g/mol. The number of carbonyl (C=O) groups is 2. The second-order valence-electron chi connectivity index (χ2n) is 7.66. The van der Waals surface area contributed by atoms with Crippen LogP contribution < -0.4 is 10.1 Å². The van der Waals surface area contributed by atoms with Gasteiger partial charge in [-0.25, -0.2) is 8.78 Å². The van der Waals surface area contributed by atoms with Gasteiger partial charge in [0, 0.05) is 29.8 Å². The number of likely N-dealkylation sites (tertiary alicyclic amines) is 1. The van der Waals surface area contributed by atoms with Gasteiger partial charge in [-0.3, -0.25) is 9.59 Å². The summed E-state index contributed by atoms with van der Waals surface area (Å²) in [6.07, 6.45) is 3.13. The highest BCUT2D eigenvalue weighted by Crippen LogP contribution is 2.23. The fourth-order valence-electron chi connectivity index (χ4n) is 3.79. The van der Waals surface area contributed by atoms with Gasteiger partial charge in [0.1, 0.15) is 17.4 Å².